The first kappa shape index (κ1) is 16.4. The lowest BCUT2D eigenvalue weighted by atomic mass is 10.2. The normalized spacial score (nSPS) is 12.2. The molecule has 1 atom stereocenters. The monoisotopic (exact) mass is 363 g/mol. The second kappa shape index (κ2) is 7.05. The maximum absolute atomic E-state index is 6.07. The van der Waals surface area contributed by atoms with Crippen LogP contribution in [0.2, 0.25) is 0 Å². The number of nitrogen functional groups attached to an aromatic ring is 1. The molecule has 26 heavy (non-hydrogen) atoms. The van der Waals surface area contributed by atoms with Crippen LogP contribution in [0.15, 0.2) is 76.4 Å². The van der Waals surface area contributed by atoms with Crippen LogP contribution in [0.3, 0.4) is 0 Å². The molecule has 4 rings (SSSR count). The molecule has 7 heteroatoms. The molecule has 0 saturated heterocycles. The summed E-state index contributed by atoms with van der Waals surface area (Å²) in [5.74, 6) is 7.12. The van der Waals surface area contributed by atoms with Gasteiger partial charge in [0.15, 0.2) is 5.16 Å². The number of imidazole rings is 1. The SMILES string of the molecule is C[C@@H](Sc1nc(-c2ccccc2)cn1N)c1nnc(-c2ccccc2)o1. The van der Waals surface area contributed by atoms with E-state index >= 15 is 0 Å². The molecule has 2 heterocycles. The molecule has 4 aromatic rings. The van der Waals surface area contributed by atoms with Gasteiger partial charge < -0.3 is 10.3 Å². The minimum atomic E-state index is -0.0757. The zero-order valence-electron chi connectivity index (χ0n) is 14.1. The van der Waals surface area contributed by atoms with Crippen molar-refractivity contribution in [3.8, 4) is 22.7 Å². The molecule has 0 aliphatic rings. The Hall–Kier alpha value is -3.06. The summed E-state index contributed by atoms with van der Waals surface area (Å²) in [5, 5.41) is 8.92. The van der Waals surface area contributed by atoms with Gasteiger partial charge in [-0.15, -0.1) is 10.2 Å². The van der Waals surface area contributed by atoms with Crippen LogP contribution in [0.5, 0.6) is 0 Å². The van der Waals surface area contributed by atoms with E-state index in [9.17, 15) is 0 Å². The Balaban J connectivity index is 1.53. The highest BCUT2D eigenvalue weighted by Gasteiger charge is 2.19. The van der Waals surface area contributed by atoms with Crippen LogP contribution in [0.4, 0.5) is 0 Å². The van der Waals surface area contributed by atoms with E-state index in [0.717, 1.165) is 16.8 Å². The van der Waals surface area contributed by atoms with Gasteiger partial charge in [0.05, 0.1) is 17.1 Å². The Labute approximate surface area is 155 Å². The average molecular weight is 363 g/mol. The van der Waals surface area contributed by atoms with Gasteiger partial charge >= 0.3 is 0 Å². The molecule has 0 amide bonds. The van der Waals surface area contributed by atoms with E-state index in [4.69, 9.17) is 10.3 Å². The number of hydrogen-bond donors (Lipinski definition) is 1. The van der Waals surface area contributed by atoms with Crippen molar-refractivity contribution in [2.45, 2.75) is 17.3 Å². The molecular formula is C19H17N5OS. The standard InChI is InChI=1S/C19H17N5OS/c1-13(17-22-23-18(25-17)15-10-6-3-7-11-15)26-19-21-16(12-24(19)20)14-8-4-2-5-9-14/h2-13H,20H2,1H3/t13-/m1/s1. The van der Waals surface area contributed by atoms with Gasteiger partial charge in [0.25, 0.3) is 0 Å². The van der Waals surface area contributed by atoms with E-state index in [1.54, 1.807) is 0 Å². The van der Waals surface area contributed by atoms with E-state index in [2.05, 4.69) is 15.2 Å². The number of nitrogens with two attached hydrogens (primary N) is 1. The van der Waals surface area contributed by atoms with Crippen LogP contribution in [0.25, 0.3) is 22.7 Å². The first-order valence-electron chi connectivity index (χ1n) is 8.16. The third-order valence-electron chi connectivity index (χ3n) is 3.86. The van der Waals surface area contributed by atoms with Crippen molar-refractivity contribution in [3.63, 3.8) is 0 Å². The summed E-state index contributed by atoms with van der Waals surface area (Å²) in [6.45, 7) is 1.99. The molecule has 0 spiro atoms. The summed E-state index contributed by atoms with van der Waals surface area (Å²) in [7, 11) is 0. The van der Waals surface area contributed by atoms with Gasteiger partial charge in [-0.2, -0.15) is 0 Å². The highest BCUT2D eigenvalue weighted by Crippen LogP contribution is 2.35. The topological polar surface area (TPSA) is 82.8 Å². The minimum Gasteiger partial charge on any atom is -0.419 e. The quantitative estimate of drug-likeness (QED) is 0.423. The van der Waals surface area contributed by atoms with Gasteiger partial charge in [-0.25, -0.2) is 9.66 Å². The Kier molecular flexibility index (Phi) is 4.45. The van der Waals surface area contributed by atoms with Crippen molar-refractivity contribution in [1.29, 1.82) is 0 Å². The Bertz CT molecular complexity index is 997. The lowest BCUT2D eigenvalue weighted by Crippen LogP contribution is -2.08. The summed E-state index contributed by atoms with van der Waals surface area (Å²) >= 11 is 1.48. The van der Waals surface area contributed by atoms with Crippen molar-refractivity contribution in [2.24, 2.45) is 0 Å². The number of benzene rings is 2. The molecule has 2 aromatic heterocycles. The molecule has 0 aliphatic carbocycles. The molecule has 0 saturated carbocycles. The van der Waals surface area contributed by atoms with Crippen LogP contribution in [-0.2, 0) is 0 Å². The highest BCUT2D eigenvalue weighted by atomic mass is 32.2. The second-order valence-corrected chi connectivity index (χ2v) is 7.06. The third-order valence-corrected chi connectivity index (χ3v) is 4.93. The average Bonchev–Trinajstić information content (AvgIpc) is 3.31. The van der Waals surface area contributed by atoms with E-state index < -0.39 is 0 Å². The lowest BCUT2D eigenvalue weighted by Gasteiger charge is -2.05. The van der Waals surface area contributed by atoms with Crippen molar-refractivity contribution in [3.05, 3.63) is 72.8 Å². The first-order valence-corrected chi connectivity index (χ1v) is 9.04. The molecular weight excluding hydrogens is 346 g/mol. The lowest BCUT2D eigenvalue weighted by molar-refractivity contribution is 0.509. The molecule has 0 unspecified atom stereocenters. The van der Waals surface area contributed by atoms with E-state index in [0.29, 0.717) is 16.9 Å². The Morgan fingerprint density at radius 2 is 1.62 bits per heavy atom. The summed E-state index contributed by atoms with van der Waals surface area (Å²) in [5.41, 5.74) is 2.75. The van der Waals surface area contributed by atoms with Crippen molar-refractivity contribution in [1.82, 2.24) is 19.9 Å². The first-order chi connectivity index (χ1) is 12.7. The van der Waals surface area contributed by atoms with E-state index in [-0.39, 0.29) is 5.25 Å². The number of rotatable bonds is 5. The fourth-order valence-electron chi connectivity index (χ4n) is 2.52. The highest BCUT2D eigenvalue weighted by molar-refractivity contribution is 7.99. The summed E-state index contributed by atoms with van der Waals surface area (Å²) < 4.78 is 7.34. The van der Waals surface area contributed by atoms with Crippen LogP contribution >= 0.6 is 11.8 Å². The van der Waals surface area contributed by atoms with Gasteiger partial charge in [-0.1, -0.05) is 60.3 Å². The molecule has 6 nitrogen and oxygen atoms in total. The predicted molar refractivity (Wildman–Crippen MR) is 102 cm³/mol. The molecule has 2 N–H and O–H groups in total. The summed E-state index contributed by atoms with van der Waals surface area (Å²) in [6.07, 6.45) is 1.81. The van der Waals surface area contributed by atoms with Crippen LogP contribution < -0.4 is 5.84 Å². The molecule has 0 aliphatic heterocycles. The van der Waals surface area contributed by atoms with Gasteiger partial charge in [0.1, 0.15) is 0 Å². The Morgan fingerprint density at radius 1 is 0.962 bits per heavy atom. The fraction of sp³-hybridized carbons (Fsp3) is 0.105. The predicted octanol–water partition coefficient (Wildman–Crippen LogP) is 4.17. The molecule has 2 aromatic carbocycles. The smallest absolute Gasteiger partial charge is 0.247 e. The maximum Gasteiger partial charge on any atom is 0.247 e. The summed E-state index contributed by atoms with van der Waals surface area (Å²) in [6, 6.07) is 19.6. The molecule has 0 bridgehead atoms. The Morgan fingerprint density at radius 3 is 2.31 bits per heavy atom. The van der Waals surface area contributed by atoms with Crippen molar-refractivity contribution in [2.75, 3.05) is 5.84 Å². The van der Waals surface area contributed by atoms with Crippen LogP contribution in [0, 0.1) is 0 Å². The summed E-state index contributed by atoms with van der Waals surface area (Å²) in [4.78, 5) is 4.62. The molecule has 130 valence electrons. The van der Waals surface area contributed by atoms with Gasteiger partial charge in [-0.3, -0.25) is 0 Å². The molecule has 0 radical (unpaired) electrons. The third kappa shape index (κ3) is 3.34. The second-order valence-electron chi connectivity index (χ2n) is 5.75. The van der Waals surface area contributed by atoms with Gasteiger partial charge in [-0.05, 0) is 19.1 Å². The maximum atomic E-state index is 6.07. The zero-order chi connectivity index (χ0) is 17.9. The van der Waals surface area contributed by atoms with Crippen LogP contribution in [0.1, 0.15) is 18.1 Å². The van der Waals surface area contributed by atoms with Crippen molar-refractivity contribution >= 4 is 11.8 Å². The zero-order valence-corrected chi connectivity index (χ0v) is 14.9. The van der Waals surface area contributed by atoms with Gasteiger partial charge in [0.2, 0.25) is 11.8 Å². The minimum absolute atomic E-state index is 0.0757. The van der Waals surface area contributed by atoms with E-state index in [1.807, 2.05) is 73.8 Å². The largest absolute Gasteiger partial charge is 0.419 e. The number of nitrogens with zero attached hydrogens (tertiary/aromatic N) is 4. The number of hydrogen-bond acceptors (Lipinski definition) is 6. The van der Waals surface area contributed by atoms with Gasteiger partial charge in [0, 0.05) is 11.1 Å². The van der Waals surface area contributed by atoms with E-state index in [1.165, 1.54) is 16.4 Å². The van der Waals surface area contributed by atoms with Crippen LogP contribution in [-0.4, -0.2) is 19.9 Å². The number of thioether (sulfide) groups is 1. The number of aromatic nitrogens is 4. The van der Waals surface area contributed by atoms with Crippen molar-refractivity contribution < 1.29 is 4.42 Å². The molecule has 0 fully saturated rings. The fourth-order valence-corrected chi connectivity index (χ4v) is 3.35.